The van der Waals surface area contributed by atoms with Crippen molar-refractivity contribution in [1.82, 2.24) is 9.71 Å². The van der Waals surface area contributed by atoms with Crippen molar-refractivity contribution >= 4 is 15.7 Å². The summed E-state index contributed by atoms with van der Waals surface area (Å²) < 4.78 is 40.2. The molecule has 0 atom stereocenters. The maximum Gasteiger partial charge on any atom is 0.240 e. The predicted octanol–water partition coefficient (Wildman–Crippen LogP) is 1.63. The minimum Gasteiger partial charge on any atom is -0.396 e. The van der Waals surface area contributed by atoms with Gasteiger partial charge >= 0.3 is 0 Å². The number of aromatic nitrogens is 1. The summed E-state index contributed by atoms with van der Waals surface area (Å²) in [6.45, 7) is 1.77. The molecule has 0 bridgehead atoms. The van der Waals surface area contributed by atoms with Crippen molar-refractivity contribution in [3.63, 3.8) is 0 Å². The molecular weight excluding hydrogens is 293 g/mol. The van der Waals surface area contributed by atoms with E-state index in [1.165, 1.54) is 6.92 Å². The molecule has 1 aromatic carbocycles. The van der Waals surface area contributed by atoms with Gasteiger partial charge in [0, 0.05) is 18.9 Å². The highest BCUT2D eigenvalue weighted by molar-refractivity contribution is 7.89. The summed E-state index contributed by atoms with van der Waals surface area (Å²) in [6.07, 6.45) is 3.83. The predicted molar refractivity (Wildman–Crippen MR) is 78.7 cm³/mol. The number of nitrogen functional groups attached to an aromatic ring is 1. The summed E-state index contributed by atoms with van der Waals surface area (Å²) in [5, 5.41) is 0. The smallest absolute Gasteiger partial charge is 0.240 e. The standard InChI is InChI=1S/C14H16FN3O2S/c1-10-8-12(15)13(16)9-14(10)21(19,20)18-7-4-11-2-5-17-6-3-11/h2-3,5-6,8-9,18H,4,7,16H2,1H3. The zero-order valence-corrected chi connectivity index (χ0v) is 12.3. The summed E-state index contributed by atoms with van der Waals surface area (Å²) in [5.41, 5.74) is 6.54. The van der Waals surface area contributed by atoms with Gasteiger partial charge in [0.15, 0.2) is 0 Å². The number of aryl methyl sites for hydroxylation is 1. The number of anilines is 1. The molecule has 0 aliphatic heterocycles. The van der Waals surface area contributed by atoms with E-state index in [-0.39, 0.29) is 17.1 Å². The van der Waals surface area contributed by atoms with Gasteiger partial charge in [-0.1, -0.05) is 0 Å². The van der Waals surface area contributed by atoms with Crippen molar-refractivity contribution in [3.05, 3.63) is 53.6 Å². The molecule has 2 aromatic rings. The number of halogens is 1. The van der Waals surface area contributed by atoms with Crippen molar-refractivity contribution in [3.8, 4) is 0 Å². The first-order valence-corrected chi connectivity index (χ1v) is 7.82. The van der Waals surface area contributed by atoms with Gasteiger partial charge in [-0.25, -0.2) is 17.5 Å². The van der Waals surface area contributed by atoms with E-state index in [1.807, 2.05) is 12.1 Å². The van der Waals surface area contributed by atoms with Gasteiger partial charge < -0.3 is 5.73 Å². The fourth-order valence-corrected chi connectivity index (χ4v) is 3.21. The van der Waals surface area contributed by atoms with Crippen LogP contribution in [0, 0.1) is 12.7 Å². The molecule has 0 spiro atoms. The van der Waals surface area contributed by atoms with E-state index >= 15 is 0 Å². The lowest BCUT2D eigenvalue weighted by Crippen LogP contribution is -2.26. The summed E-state index contributed by atoms with van der Waals surface area (Å²) in [7, 11) is -3.71. The summed E-state index contributed by atoms with van der Waals surface area (Å²) in [6, 6.07) is 5.89. The molecule has 0 fully saturated rings. The van der Waals surface area contributed by atoms with Crippen LogP contribution in [0.4, 0.5) is 10.1 Å². The van der Waals surface area contributed by atoms with Gasteiger partial charge in [0.05, 0.1) is 10.6 Å². The Kier molecular flexibility index (Phi) is 4.54. The number of pyridine rings is 1. The molecule has 5 nitrogen and oxygen atoms in total. The topological polar surface area (TPSA) is 85.1 Å². The fourth-order valence-electron chi connectivity index (χ4n) is 1.92. The van der Waals surface area contributed by atoms with E-state index in [0.717, 1.165) is 17.7 Å². The highest BCUT2D eigenvalue weighted by Gasteiger charge is 2.18. The van der Waals surface area contributed by atoms with Gasteiger partial charge in [-0.3, -0.25) is 4.98 Å². The van der Waals surface area contributed by atoms with Crippen LogP contribution in [0.25, 0.3) is 0 Å². The van der Waals surface area contributed by atoms with E-state index in [2.05, 4.69) is 9.71 Å². The molecule has 0 aliphatic rings. The van der Waals surface area contributed by atoms with Crippen LogP contribution in [0.3, 0.4) is 0 Å². The lowest BCUT2D eigenvalue weighted by molar-refractivity contribution is 0.580. The first-order valence-electron chi connectivity index (χ1n) is 6.34. The second-order valence-corrected chi connectivity index (χ2v) is 6.38. The molecule has 7 heteroatoms. The Morgan fingerprint density at radius 2 is 1.95 bits per heavy atom. The number of hydrogen-bond acceptors (Lipinski definition) is 4. The number of nitrogens with one attached hydrogen (secondary N) is 1. The number of benzene rings is 1. The molecule has 0 saturated heterocycles. The first-order chi connectivity index (χ1) is 9.90. The molecule has 112 valence electrons. The molecule has 1 aromatic heterocycles. The minimum atomic E-state index is -3.71. The number of rotatable bonds is 5. The highest BCUT2D eigenvalue weighted by Crippen LogP contribution is 2.21. The summed E-state index contributed by atoms with van der Waals surface area (Å²) in [5.74, 6) is -0.622. The maximum absolute atomic E-state index is 13.3. The Labute approximate surface area is 123 Å². The second-order valence-electron chi connectivity index (χ2n) is 4.64. The van der Waals surface area contributed by atoms with Gasteiger partial charge in [0.1, 0.15) is 5.82 Å². The number of hydrogen-bond donors (Lipinski definition) is 2. The van der Waals surface area contributed by atoms with Crippen LogP contribution in [0.15, 0.2) is 41.6 Å². The van der Waals surface area contributed by atoms with E-state index < -0.39 is 15.8 Å². The number of nitrogens with two attached hydrogens (primary N) is 1. The zero-order chi connectivity index (χ0) is 15.5. The first kappa shape index (κ1) is 15.4. The molecule has 21 heavy (non-hydrogen) atoms. The van der Waals surface area contributed by atoms with Gasteiger partial charge in [0.2, 0.25) is 10.0 Å². The van der Waals surface area contributed by atoms with Gasteiger partial charge in [-0.15, -0.1) is 0 Å². The van der Waals surface area contributed by atoms with Gasteiger partial charge in [-0.2, -0.15) is 0 Å². The van der Waals surface area contributed by atoms with Crippen LogP contribution in [0.2, 0.25) is 0 Å². The van der Waals surface area contributed by atoms with E-state index in [9.17, 15) is 12.8 Å². The molecule has 0 aliphatic carbocycles. The highest BCUT2D eigenvalue weighted by atomic mass is 32.2. The van der Waals surface area contributed by atoms with Crippen molar-refractivity contribution in [2.45, 2.75) is 18.2 Å². The van der Waals surface area contributed by atoms with Crippen molar-refractivity contribution in [2.24, 2.45) is 0 Å². The molecule has 0 saturated carbocycles. The monoisotopic (exact) mass is 309 g/mol. The third kappa shape index (κ3) is 3.77. The van der Waals surface area contributed by atoms with E-state index in [4.69, 9.17) is 5.73 Å². The fraction of sp³-hybridized carbons (Fsp3) is 0.214. The van der Waals surface area contributed by atoms with E-state index in [1.54, 1.807) is 12.4 Å². The number of nitrogens with zero attached hydrogens (tertiary/aromatic N) is 1. The molecule has 0 unspecified atom stereocenters. The summed E-state index contributed by atoms with van der Waals surface area (Å²) >= 11 is 0. The van der Waals surface area contributed by atoms with Crippen LogP contribution in [-0.4, -0.2) is 19.9 Å². The van der Waals surface area contributed by atoms with Gasteiger partial charge in [0.25, 0.3) is 0 Å². The third-order valence-electron chi connectivity index (χ3n) is 3.04. The van der Waals surface area contributed by atoms with Gasteiger partial charge in [-0.05, 0) is 48.7 Å². The Morgan fingerprint density at radius 3 is 2.62 bits per heavy atom. The van der Waals surface area contributed by atoms with Crippen LogP contribution < -0.4 is 10.5 Å². The Morgan fingerprint density at radius 1 is 1.29 bits per heavy atom. The quantitative estimate of drug-likeness (QED) is 0.822. The largest absolute Gasteiger partial charge is 0.396 e. The van der Waals surface area contributed by atoms with Crippen molar-refractivity contribution in [2.75, 3.05) is 12.3 Å². The Bertz CT molecular complexity index is 733. The molecule has 0 amide bonds. The Balaban J connectivity index is 2.10. The van der Waals surface area contributed by atoms with E-state index in [0.29, 0.717) is 12.0 Å². The minimum absolute atomic E-state index is 0.00358. The van der Waals surface area contributed by atoms with Crippen molar-refractivity contribution in [1.29, 1.82) is 0 Å². The van der Waals surface area contributed by atoms with Crippen molar-refractivity contribution < 1.29 is 12.8 Å². The normalized spacial score (nSPS) is 11.5. The SMILES string of the molecule is Cc1cc(F)c(N)cc1S(=O)(=O)NCCc1ccncc1. The maximum atomic E-state index is 13.3. The zero-order valence-electron chi connectivity index (χ0n) is 11.5. The van der Waals surface area contributed by atoms with Crippen LogP contribution in [0.5, 0.6) is 0 Å². The van der Waals surface area contributed by atoms with Crippen LogP contribution >= 0.6 is 0 Å². The summed E-state index contributed by atoms with van der Waals surface area (Å²) in [4.78, 5) is 3.89. The Hall–Kier alpha value is -1.99. The average molecular weight is 309 g/mol. The number of sulfonamides is 1. The van der Waals surface area contributed by atoms with Crippen LogP contribution in [0.1, 0.15) is 11.1 Å². The molecular formula is C14H16FN3O2S. The molecule has 1 heterocycles. The molecule has 2 rings (SSSR count). The second kappa shape index (κ2) is 6.19. The molecule has 0 radical (unpaired) electrons. The lowest BCUT2D eigenvalue weighted by atomic mass is 10.2. The van der Waals surface area contributed by atoms with Crippen LogP contribution in [-0.2, 0) is 16.4 Å². The molecule has 3 N–H and O–H groups in total. The third-order valence-corrected chi connectivity index (χ3v) is 4.64. The average Bonchev–Trinajstić information content (AvgIpc) is 2.43. The lowest BCUT2D eigenvalue weighted by Gasteiger charge is -2.10.